The highest BCUT2D eigenvalue weighted by atomic mass is 127. The summed E-state index contributed by atoms with van der Waals surface area (Å²) >= 11 is 0. The number of aromatic nitrogens is 2. The second-order valence-corrected chi connectivity index (χ2v) is 8.40. The SMILES string of the molecule is CCNC(=NCC1(c2ccc(OC)cc2)CC1)N(C)Cc1cn(C)nc1C(C)C.I. The van der Waals surface area contributed by atoms with Crippen LogP contribution >= 0.6 is 24.0 Å². The lowest BCUT2D eigenvalue weighted by atomic mass is 9.96. The van der Waals surface area contributed by atoms with E-state index in [1.807, 2.05) is 23.9 Å². The number of hydrogen-bond acceptors (Lipinski definition) is 3. The molecule has 7 heteroatoms. The molecule has 1 aliphatic rings. The molecule has 1 heterocycles. The van der Waals surface area contributed by atoms with Crippen LogP contribution in [0.25, 0.3) is 0 Å². The molecule has 0 spiro atoms. The van der Waals surface area contributed by atoms with Crippen molar-refractivity contribution in [1.82, 2.24) is 20.0 Å². The molecule has 0 amide bonds. The van der Waals surface area contributed by atoms with Crippen LogP contribution in [0.1, 0.15) is 56.4 Å². The van der Waals surface area contributed by atoms with Gasteiger partial charge in [-0.05, 0) is 43.4 Å². The molecule has 1 saturated carbocycles. The molecule has 1 N–H and O–H groups in total. The highest BCUT2D eigenvalue weighted by Gasteiger charge is 2.44. The molecule has 3 rings (SSSR count). The summed E-state index contributed by atoms with van der Waals surface area (Å²) in [7, 11) is 5.80. The van der Waals surface area contributed by atoms with E-state index in [0.29, 0.717) is 5.92 Å². The van der Waals surface area contributed by atoms with E-state index in [4.69, 9.17) is 9.73 Å². The van der Waals surface area contributed by atoms with Crippen LogP contribution in [0.2, 0.25) is 0 Å². The average Bonchev–Trinajstić information content (AvgIpc) is 3.41. The maximum absolute atomic E-state index is 5.30. The van der Waals surface area contributed by atoms with Crippen molar-refractivity contribution >= 4 is 29.9 Å². The number of guanidine groups is 1. The van der Waals surface area contributed by atoms with Crippen LogP contribution in [0.15, 0.2) is 35.5 Å². The lowest BCUT2D eigenvalue weighted by molar-refractivity contribution is 0.414. The number of rotatable bonds is 8. The molecule has 0 bridgehead atoms. The van der Waals surface area contributed by atoms with Gasteiger partial charge in [0.05, 0.1) is 19.3 Å². The van der Waals surface area contributed by atoms with Crippen molar-refractivity contribution in [3.8, 4) is 5.75 Å². The van der Waals surface area contributed by atoms with Crippen LogP contribution in [0.4, 0.5) is 0 Å². The van der Waals surface area contributed by atoms with Crippen molar-refractivity contribution < 1.29 is 4.74 Å². The summed E-state index contributed by atoms with van der Waals surface area (Å²) in [5.74, 6) is 2.26. The molecule has 0 radical (unpaired) electrons. The van der Waals surface area contributed by atoms with Gasteiger partial charge in [-0.15, -0.1) is 24.0 Å². The molecule has 30 heavy (non-hydrogen) atoms. The van der Waals surface area contributed by atoms with E-state index in [1.165, 1.54) is 24.0 Å². The summed E-state index contributed by atoms with van der Waals surface area (Å²) in [4.78, 5) is 7.22. The number of benzene rings is 1. The zero-order chi connectivity index (χ0) is 21.0. The highest BCUT2D eigenvalue weighted by Crippen LogP contribution is 2.48. The first-order valence-corrected chi connectivity index (χ1v) is 10.5. The summed E-state index contributed by atoms with van der Waals surface area (Å²) < 4.78 is 7.21. The van der Waals surface area contributed by atoms with E-state index in [-0.39, 0.29) is 29.4 Å². The number of nitrogens with one attached hydrogen (secondary N) is 1. The van der Waals surface area contributed by atoms with Gasteiger partial charge >= 0.3 is 0 Å². The van der Waals surface area contributed by atoms with Crippen molar-refractivity contribution in [1.29, 1.82) is 0 Å². The quantitative estimate of drug-likeness (QED) is 0.317. The summed E-state index contributed by atoms with van der Waals surface area (Å²) in [6.45, 7) is 8.94. The van der Waals surface area contributed by atoms with Gasteiger partial charge in [-0.3, -0.25) is 9.67 Å². The summed E-state index contributed by atoms with van der Waals surface area (Å²) in [5, 5.41) is 8.09. The third-order valence-electron chi connectivity index (χ3n) is 5.68. The minimum absolute atomic E-state index is 0. The smallest absolute Gasteiger partial charge is 0.193 e. The number of methoxy groups -OCH3 is 1. The molecule has 0 saturated heterocycles. The van der Waals surface area contributed by atoms with Gasteiger partial charge in [0.2, 0.25) is 0 Å². The largest absolute Gasteiger partial charge is 0.497 e. The first-order chi connectivity index (χ1) is 13.9. The fourth-order valence-electron chi connectivity index (χ4n) is 3.82. The van der Waals surface area contributed by atoms with Crippen LogP contribution in [0.3, 0.4) is 0 Å². The molecule has 1 aromatic heterocycles. The first-order valence-electron chi connectivity index (χ1n) is 10.5. The van der Waals surface area contributed by atoms with E-state index < -0.39 is 0 Å². The first kappa shape index (κ1) is 24.5. The lowest BCUT2D eigenvalue weighted by Gasteiger charge is -2.23. The van der Waals surface area contributed by atoms with Crippen molar-refractivity contribution in [2.24, 2.45) is 12.0 Å². The second-order valence-electron chi connectivity index (χ2n) is 8.40. The molecule has 1 aromatic carbocycles. The Kier molecular flexibility index (Phi) is 8.58. The Balaban J connectivity index is 0.00000320. The maximum Gasteiger partial charge on any atom is 0.193 e. The number of hydrogen-bond donors (Lipinski definition) is 1. The van der Waals surface area contributed by atoms with Gasteiger partial charge in [0, 0.05) is 44.4 Å². The summed E-state index contributed by atoms with van der Waals surface area (Å²) in [6, 6.07) is 8.46. The fourth-order valence-corrected chi connectivity index (χ4v) is 3.82. The Labute approximate surface area is 198 Å². The third-order valence-corrected chi connectivity index (χ3v) is 5.68. The Morgan fingerprint density at radius 3 is 2.50 bits per heavy atom. The van der Waals surface area contributed by atoms with E-state index in [9.17, 15) is 0 Å². The zero-order valence-corrected chi connectivity index (χ0v) is 21.4. The summed E-state index contributed by atoms with van der Waals surface area (Å²) in [6.07, 6.45) is 4.49. The Morgan fingerprint density at radius 2 is 1.97 bits per heavy atom. The maximum atomic E-state index is 5.30. The molecule has 2 aromatic rings. The van der Waals surface area contributed by atoms with Gasteiger partial charge in [0.15, 0.2) is 5.96 Å². The third kappa shape index (κ3) is 5.68. The van der Waals surface area contributed by atoms with Crippen LogP contribution < -0.4 is 10.1 Å². The standard InChI is InChI=1S/C23H35N5O.HI/c1-7-24-22(27(4)14-18-15-28(5)26-21(18)17(2)3)25-16-23(12-13-23)19-8-10-20(29-6)11-9-19;/h8-11,15,17H,7,12-14,16H2,1-6H3,(H,24,25);1H. The molecule has 1 fully saturated rings. The van der Waals surface area contributed by atoms with Crippen molar-refractivity contribution in [3.63, 3.8) is 0 Å². The van der Waals surface area contributed by atoms with Gasteiger partial charge in [-0.25, -0.2) is 0 Å². The molecule has 166 valence electrons. The zero-order valence-electron chi connectivity index (χ0n) is 19.1. The van der Waals surface area contributed by atoms with E-state index in [0.717, 1.165) is 37.0 Å². The number of halogens is 1. The van der Waals surface area contributed by atoms with Crippen LogP contribution in [-0.2, 0) is 19.0 Å². The van der Waals surface area contributed by atoms with Gasteiger partial charge in [0.1, 0.15) is 5.75 Å². The van der Waals surface area contributed by atoms with Gasteiger partial charge in [-0.1, -0.05) is 26.0 Å². The number of aryl methyl sites for hydroxylation is 1. The fraction of sp³-hybridized carbons (Fsp3) is 0.565. The molecular formula is C23H36IN5O. The van der Waals surface area contributed by atoms with E-state index in [2.05, 4.69) is 61.5 Å². The molecule has 0 aliphatic heterocycles. The molecule has 1 aliphatic carbocycles. The van der Waals surface area contributed by atoms with Crippen molar-refractivity contribution in [2.45, 2.75) is 51.5 Å². The van der Waals surface area contributed by atoms with Gasteiger partial charge in [0.25, 0.3) is 0 Å². The van der Waals surface area contributed by atoms with Crippen molar-refractivity contribution in [3.05, 3.63) is 47.3 Å². The normalized spacial score (nSPS) is 15.0. The van der Waals surface area contributed by atoms with Crippen LogP contribution in [0.5, 0.6) is 5.75 Å². The second kappa shape index (κ2) is 10.5. The topological polar surface area (TPSA) is 54.7 Å². The van der Waals surface area contributed by atoms with E-state index in [1.54, 1.807) is 7.11 Å². The lowest BCUT2D eigenvalue weighted by Crippen LogP contribution is -2.39. The predicted octanol–water partition coefficient (Wildman–Crippen LogP) is 4.30. The average molecular weight is 525 g/mol. The van der Waals surface area contributed by atoms with Gasteiger partial charge < -0.3 is 15.0 Å². The van der Waals surface area contributed by atoms with Gasteiger partial charge in [-0.2, -0.15) is 5.10 Å². The van der Waals surface area contributed by atoms with Crippen LogP contribution in [-0.4, -0.2) is 47.9 Å². The number of nitrogens with zero attached hydrogens (tertiary/aromatic N) is 4. The van der Waals surface area contributed by atoms with Crippen molar-refractivity contribution in [2.75, 3.05) is 27.2 Å². The Hall–Kier alpha value is -1.77. The number of ether oxygens (including phenoxy) is 1. The monoisotopic (exact) mass is 525 g/mol. The highest BCUT2D eigenvalue weighted by molar-refractivity contribution is 14.0. The number of aliphatic imine (C=N–C) groups is 1. The van der Waals surface area contributed by atoms with E-state index >= 15 is 0 Å². The predicted molar refractivity (Wildman–Crippen MR) is 134 cm³/mol. The molecule has 6 nitrogen and oxygen atoms in total. The Bertz CT molecular complexity index is 840. The van der Waals surface area contributed by atoms with Crippen LogP contribution in [0, 0.1) is 0 Å². The molecular weight excluding hydrogens is 489 g/mol. The molecule has 0 atom stereocenters. The minimum Gasteiger partial charge on any atom is -0.497 e. The Morgan fingerprint density at radius 1 is 1.30 bits per heavy atom. The minimum atomic E-state index is 0. The summed E-state index contributed by atoms with van der Waals surface area (Å²) in [5.41, 5.74) is 3.94. The molecule has 0 unspecified atom stereocenters.